The number of benzene rings is 2. The van der Waals surface area contributed by atoms with Crippen LogP contribution in [0.15, 0.2) is 35.2 Å². The monoisotopic (exact) mass is 346 g/mol. The Kier molecular flexibility index (Phi) is 5.11. The molecule has 0 saturated heterocycles. The Labute approximate surface area is 143 Å². The van der Waals surface area contributed by atoms with E-state index in [1.165, 1.54) is 13.1 Å². The largest absolute Gasteiger partial charge is 0.322 e. The molecule has 0 aromatic heterocycles. The van der Waals surface area contributed by atoms with Crippen molar-refractivity contribution in [1.29, 1.82) is 0 Å². The number of aryl methyl sites for hydroxylation is 3. The highest BCUT2D eigenvalue weighted by Gasteiger charge is 2.19. The number of carbonyl (C=O) groups excluding carboxylic acids is 1. The molecule has 0 spiro atoms. The van der Waals surface area contributed by atoms with Crippen molar-refractivity contribution in [1.82, 2.24) is 4.72 Å². The summed E-state index contributed by atoms with van der Waals surface area (Å²) in [6.07, 6.45) is 0. The summed E-state index contributed by atoms with van der Waals surface area (Å²) in [7, 11) is -2.27. The minimum Gasteiger partial charge on any atom is -0.322 e. The van der Waals surface area contributed by atoms with Gasteiger partial charge in [0.05, 0.1) is 4.90 Å². The number of anilines is 1. The lowest BCUT2D eigenvalue weighted by Crippen LogP contribution is -2.21. The zero-order chi connectivity index (χ0) is 18.1. The Balaban J connectivity index is 2.43. The number of hydrogen-bond donors (Lipinski definition) is 2. The van der Waals surface area contributed by atoms with E-state index in [0.717, 1.165) is 16.7 Å². The molecule has 0 atom stereocenters. The number of carbonyl (C=O) groups is 1. The number of amides is 1. The third kappa shape index (κ3) is 3.83. The Morgan fingerprint density at radius 1 is 0.917 bits per heavy atom. The second kappa shape index (κ2) is 6.75. The van der Waals surface area contributed by atoms with E-state index in [0.29, 0.717) is 16.8 Å². The van der Waals surface area contributed by atoms with Crippen LogP contribution in [0, 0.1) is 27.7 Å². The highest BCUT2D eigenvalue weighted by molar-refractivity contribution is 7.89. The fraction of sp³-hybridized carbons (Fsp3) is 0.278. The molecule has 0 fully saturated rings. The molecule has 5 nitrogen and oxygen atoms in total. The molecule has 0 aliphatic rings. The first-order valence-corrected chi connectivity index (χ1v) is 9.07. The molecule has 0 bridgehead atoms. The Morgan fingerprint density at radius 2 is 1.50 bits per heavy atom. The summed E-state index contributed by atoms with van der Waals surface area (Å²) in [6, 6.07) is 8.87. The molecular weight excluding hydrogens is 324 g/mol. The van der Waals surface area contributed by atoms with E-state index < -0.39 is 10.0 Å². The third-order valence-electron chi connectivity index (χ3n) is 3.92. The lowest BCUT2D eigenvalue weighted by Gasteiger charge is -2.13. The van der Waals surface area contributed by atoms with Crippen LogP contribution in [0.3, 0.4) is 0 Å². The van der Waals surface area contributed by atoms with Crippen LogP contribution in [0.4, 0.5) is 5.69 Å². The zero-order valence-electron chi connectivity index (χ0n) is 14.5. The fourth-order valence-electron chi connectivity index (χ4n) is 2.60. The van der Waals surface area contributed by atoms with Crippen LogP contribution in [0.2, 0.25) is 0 Å². The minimum atomic E-state index is -3.62. The summed E-state index contributed by atoms with van der Waals surface area (Å²) in [5.41, 5.74) is 4.47. The number of sulfonamides is 1. The molecule has 2 aromatic rings. The quantitative estimate of drug-likeness (QED) is 0.893. The molecule has 6 heteroatoms. The molecule has 2 N–H and O–H groups in total. The molecule has 128 valence electrons. The van der Waals surface area contributed by atoms with E-state index >= 15 is 0 Å². The maximum atomic E-state index is 12.5. The smallest absolute Gasteiger partial charge is 0.255 e. The average molecular weight is 346 g/mol. The summed E-state index contributed by atoms with van der Waals surface area (Å²) in [5, 5.41) is 2.83. The van der Waals surface area contributed by atoms with Gasteiger partial charge in [0.2, 0.25) is 10.0 Å². The standard InChI is InChI=1S/C18H22N2O3S/c1-11-6-12(2)8-16(7-11)20-18(21)15-9-13(3)14(4)17(10-15)24(22,23)19-5/h6-10,19H,1-5H3,(H,20,21). The van der Waals surface area contributed by atoms with Crippen LogP contribution >= 0.6 is 0 Å². The molecule has 0 saturated carbocycles. The molecule has 0 aliphatic heterocycles. The van der Waals surface area contributed by atoms with Gasteiger partial charge in [-0.1, -0.05) is 6.07 Å². The topological polar surface area (TPSA) is 75.3 Å². The van der Waals surface area contributed by atoms with Crippen LogP contribution in [0.1, 0.15) is 32.6 Å². The van der Waals surface area contributed by atoms with Gasteiger partial charge in [-0.05, 0) is 81.3 Å². The van der Waals surface area contributed by atoms with Gasteiger partial charge in [-0.3, -0.25) is 4.79 Å². The van der Waals surface area contributed by atoms with Crippen molar-refractivity contribution in [3.8, 4) is 0 Å². The SMILES string of the molecule is CNS(=O)(=O)c1cc(C(=O)Nc2cc(C)cc(C)c2)cc(C)c1C. The molecule has 2 rings (SSSR count). The minimum absolute atomic E-state index is 0.121. The van der Waals surface area contributed by atoms with Gasteiger partial charge >= 0.3 is 0 Å². The highest BCUT2D eigenvalue weighted by atomic mass is 32.2. The lowest BCUT2D eigenvalue weighted by atomic mass is 10.1. The van der Waals surface area contributed by atoms with Gasteiger partial charge in [0.25, 0.3) is 5.91 Å². The van der Waals surface area contributed by atoms with Gasteiger partial charge < -0.3 is 5.32 Å². The van der Waals surface area contributed by atoms with E-state index in [2.05, 4.69) is 10.0 Å². The molecule has 0 heterocycles. The van der Waals surface area contributed by atoms with Crippen molar-refractivity contribution >= 4 is 21.6 Å². The van der Waals surface area contributed by atoms with E-state index in [-0.39, 0.29) is 10.8 Å². The molecule has 0 aliphatic carbocycles. The van der Waals surface area contributed by atoms with Crippen molar-refractivity contribution in [2.24, 2.45) is 0 Å². The van der Waals surface area contributed by atoms with Gasteiger partial charge in [-0.2, -0.15) is 0 Å². The van der Waals surface area contributed by atoms with Gasteiger partial charge in [-0.15, -0.1) is 0 Å². The maximum Gasteiger partial charge on any atom is 0.255 e. The van der Waals surface area contributed by atoms with Gasteiger partial charge in [0.1, 0.15) is 0 Å². The van der Waals surface area contributed by atoms with E-state index in [9.17, 15) is 13.2 Å². The molecular formula is C18H22N2O3S. The molecule has 2 aromatic carbocycles. The van der Waals surface area contributed by atoms with Crippen LogP contribution in [-0.4, -0.2) is 21.4 Å². The van der Waals surface area contributed by atoms with E-state index in [1.807, 2.05) is 32.0 Å². The fourth-order valence-corrected chi connectivity index (χ4v) is 3.66. The first kappa shape index (κ1) is 18.2. The number of rotatable bonds is 4. The van der Waals surface area contributed by atoms with Crippen LogP contribution in [0.25, 0.3) is 0 Å². The molecule has 24 heavy (non-hydrogen) atoms. The summed E-state index contributed by atoms with van der Waals surface area (Å²) < 4.78 is 26.6. The first-order valence-electron chi connectivity index (χ1n) is 7.58. The average Bonchev–Trinajstić information content (AvgIpc) is 2.48. The van der Waals surface area contributed by atoms with Crippen molar-refractivity contribution in [2.75, 3.05) is 12.4 Å². The summed E-state index contributed by atoms with van der Waals surface area (Å²) >= 11 is 0. The number of hydrogen-bond acceptors (Lipinski definition) is 3. The molecule has 0 radical (unpaired) electrons. The zero-order valence-corrected chi connectivity index (χ0v) is 15.3. The van der Waals surface area contributed by atoms with E-state index in [1.54, 1.807) is 19.9 Å². The Morgan fingerprint density at radius 3 is 2.04 bits per heavy atom. The van der Waals surface area contributed by atoms with Crippen LogP contribution in [-0.2, 0) is 10.0 Å². The summed E-state index contributed by atoms with van der Waals surface area (Å²) in [6.45, 7) is 7.43. The second-order valence-corrected chi connectivity index (χ2v) is 7.81. The predicted octanol–water partition coefficient (Wildman–Crippen LogP) is 3.08. The summed E-state index contributed by atoms with van der Waals surface area (Å²) in [4.78, 5) is 12.7. The molecule has 1 amide bonds. The van der Waals surface area contributed by atoms with Crippen molar-refractivity contribution < 1.29 is 13.2 Å². The van der Waals surface area contributed by atoms with E-state index in [4.69, 9.17) is 0 Å². The Bertz CT molecular complexity index is 882. The third-order valence-corrected chi connectivity index (χ3v) is 5.46. The van der Waals surface area contributed by atoms with Gasteiger partial charge in [0, 0.05) is 11.3 Å². The summed E-state index contributed by atoms with van der Waals surface area (Å²) in [5.74, 6) is -0.337. The second-order valence-electron chi connectivity index (χ2n) is 5.95. The van der Waals surface area contributed by atoms with Gasteiger partial charge in [0.15, 0.2) is 0 Å². The van der Waals surface area contributed by atoms with Crippen LogP contribution < -0.4 is 10.0 Å². The highest BCUT2D eigenvalue weighted by Crippen LogP contribution is 2.22. The van der Waals surface area contributed by atoms with Crippen LogP contribution in [0.5, 0.6) is 0 Å². The number of nitrogens with one attached hydrogen (secondary N) is 2. The first-order chi connectivity index (χ1) is 11.1. The van der Waals surface area contributed by atoms with Crippen molar-refractivity contribution in [3.05, 3.63) is 58.1 Å². The Hall–Kier alpha value is -2.18. The maximum absolute atomic E-state index is 12.5. The van der Waals surface area contributed by atoms with Crippen molar-refractivity contribution in [3.63, 3.8) is 0 Å². The van der Waals surface area contributed by atoms with Crippen molar-refractivity contribution in [2.45, 2.75) is 32.6 Å². The predicted molar refractivity (Wildman–Crippen MR) is 96.0 cm³/mol. The normalized spacial score (nSPS) is 11.4. The van der Waals surface area contributed by atoms with Gasteiger partial charge in [-0.25, -0.2) is 13.1 Å². The molecule has 0 unspecified atom stereocenters. The lowest BCUT2D eigenvalue weighted by molar-refractivity contribution is 0.102.